The zero-order valence-corrected chi connectivity index (χ0v) is 11.0. The highest BCUT2D eigenvalue weighted by atomic mass is 35.5. The summed E-state index contributed by atoms with van der Waals surface area (Å²) in [6.07, 6.45) is 1.23. The monoisotopic (exact) mass is 262 g/mol. The summed E-state index contributed by atoms with van der Waals surface area (Å²) in [5.41, 5.74) is 2.28. The van der Waals surface area contributed by atoms with Gasteiger partial charge < -0.3 is 4.98 Å². The number of aryl methyl sites for hydroxylation is 1. The molecule has 0 radical (unpaired) electrons. The van der Waals surface area contributed by atoms with Crippen molar-refractivity contribution in [1.29, 1.82) is 0 Å². The molecule has 0 atom stereocenters. The van der Waals surface area contributed by atoms with Gasteiger partial charge in [-0.05, 0) is 6.42 Å². The van der Waals surface area contributed by atoms with E-state index in [0.29, 0.717) is 30.1 Å². The molecule has 0 amide bonds. The van der Waals surface area contributed by atoms with Crippen LogP contribution in [0.3, 0.4) is 0 Å². The number of benzene rings is 1. The van der Waals surface area contributed by atoms with Crippen molar-refractivity contribution in [1.82, 2.24) is 9.97 Å². The van der Waals surface area contributed by atoms with Crippen LogP contribution in [0.2, 0.25) is 0 Å². The molecule has 0 aliphatic carbocycles. The number of hydrogen-bond acceptors (Lipinski definition) is 2. The van der Waals surface area contributed by atoms with Gasteiger partial charge >= 0.3 is 0 Å². The molecule has 0 saturated heterocycles. The van der Waals surface area contributed by atoms with Crippen LogP contribution in [0.1, 0.15) is 18.3 Å². The van der Waals surface area contributed by atoms with Crippen molar-refractivity contribution in [2.24, 2.45) is 0 Å². The van der Waals surface area contributed by atoms with E-state index in [1.807, 2.05) is 37.3 Å². The normalized spacial score (nSPS) is 10.6. The fourth-order valence-corrected chi connectivity index (χ4v) is 2.06. The number of nitrogens with zero attached hydrogens (tertiary/aromatic N) is 1. The number of halogens is 1. The highest BCUT2D eigenvalue weighted by Crippen LogP contribution is 2.19. The number of aromatic nitrogens is 2. The molecule has 0 unspecified atom stereocenters. The molecule has 0 fully saturated rings. The number of rotatable bonds is 4. The van der Waals surface area contributed by atoms with Gasteiger partial charge in [-0.15, -0.1) is 11.6 Å². The van der Waals surface area contributed by atoms with Gasteiger partial charge in [-0.1, -0.05) is 37.3 Å². The summed E-state index contributed by atoms with van der Waals surface area (Å²) in [6.45, 7) is 1.97. The predicted octanol–water partition coefficient (Wildman–Crippen LogP) is 2.78. The van der Waals surface area contributed by atoms with E-state index in [1.165, 1.54) is 0 Å². The van der Waals surface area contributed by atoms with Crippen LogP contribution in [-0.2, 0) is 12.8 Å². The van der Waals surface area contributed by atoms with Gasteiger partial charge in [-0.2, -0.15) is 0 Å². The molecule has 0 bridgehead atoms. The molecular weight excluding hydrogens is 248 g/mol. The maximum Gasteiger partial charge on any atom is 0.254 e. The van der Waals surface area contributed by atoms with Gasteiger partial charge in [-0.3, -0.25) is 4.79 Å². The molecule has 2 aromatic rings. The molecule has 1 aromatic carbocycles. The first-order valence-corrected chi connectivity index (χ1v) is 6.53. The van der Waals surface area contributed by atoms with Crippen LogP contribution in [0, 0.1) is 0 Å². The molecule has 1 N–H and O–H groups in total. The minimum atomic E-state index is -0.0821. The molecular formula is C14H15ClN2O. The van der Waals surface area contributed by atoms with Crippen LogP contribution in [0.4, 0.5) is 0 Å². The summed E-state index contributed by atoms with van der Waals surface area (Å²) in [6, 6.07) is 9.74. The lowest BCUT2D eigenvalue weighted by atomic mass is 10.1. The molecule has 0 aliphatic rings. The fourth-order valence-electron chi connectivity index (χ4n) is 1.87. The zero-order valence-electron chi connectivity index (χ0n) is 10.2. The van der Waals surface area contributed by atoms with Crippen molar-refractivity contribution in [3.63, 3.8) is 0 Å². The summed E-state index contributed by atoms with van der Waals surface area (Å²) < 4.78 is 0. The Morgan fingerprint density at radius 1 is 1.28 bits per heavy atom. The smallest absolute Gasteiger partial charge is 0.254 e. The molecule has 1 aromatic heterocycles. The van der Waals surface area contributed by atoms with Gasteiger partial charge in [0.2, 0.25) is 0 Å². The van der Waals surface area contributed by atoms with E-state index < -0.39 is 0 Å². The highest BCUT2D eigenvalue weighted by molar-refractivity contribution is 6.18. The standard InChI is InChI=1S/C14H15ClN2O/c1-2-12-16-13(10-6-4-3-5-7-10)11(8-9-15)14(18)17-12/h3-7H,2,8-9H2,1H3,(H,16,17,18). The van der Waals surface area contributed by atoms with E-state index in [0.717, 1.165) is 11.3 Å². The molecule has 18 heavy (non-hydrogen) atoms. The Labute approximate surface area is 111 Å². The quantitative estimate of drug-likeness (QED) is 0.862. The topological polar surface area (TPSA) is 45.8 Å². The van der Waals surface area contributed by atoms with Crippen LogP contribution in [0.25, 0.3) is 11.3 Å². The lowest BCUT2D eigenvalue weighted by molar-refractivity contribution is 0.895. The van der Waals surface area contributed by atoms with Gasteiger partial charge in [0, 0.05) is 23.4 Å². The zero-order chi connectivity index (χ0) is 13.0. The SMILES string of the molecule is CCc1nc(-c2ccccc2)c(CCCl)c(=O)[nH]1. The molecule has 0 spiro atoms. The van der Waals surface area contributed by atoms with Gasteiger partial charge in [0.15, 0.2) is 0 Å². The van der Waals surface area contributed by atoms with Crippen molar-refractivity contribution in [2.75, 3.05) is 5.88 Å². The second-order valence-corrected chi connectivity index (χ2v) is 4.38. The Balaban J connectivity index is 2.63. The molecule has 94 valence electrons. The van der Waals surface area contributed by atoms with E-state index in [2.05, 4.69) is 9.97 Å². The summed E-state index contributed by atoms with van der Waals surface area (Å²) in [5, 5.41) is 0. The van der Waals surface area contributed by atoms with E-state index in [-0.39, 0.29) is 5.56 Å². The van der Waals surface area contributed by atoms with E-state index >= 15 is 0 Å². The molecule has 3 nitrogen and oxygen atoms in total. The second-order valence-electron chi connectivity index (χ2n) is 4.00. The number of hydrogen-bond donors (Lipinski definition) is 1. The third kappa shape index (κ3) is 2.62. The first-order valence-electron chi connectivity index (χ1n) is 5.99. The van der Waals surface area contributed by atoms with Crippen molar-refractivity contribution in [3.05, 3.63) is 52.1 Å². The molecule has 1 heterocycles. The van der Waals surface area contributed by atoms with Crippen LogP contribution >= 0.6 is 11.6 Å². The third-order valence-electron chi connectivity index (χ3n) is 2.79. The minimum absolute atomic E-state index is 0.0821. The third-order valence-corrected chi connectivity index (χ3v) is 2.98. The molecule has 0 saturated carbocycles. The van der Waals surface area contributed by atoms with Crippen LogP contribution in [0.15, 0.2) is 35.1 Å². The van der Waals surface area contributed by atoms with Crippen LogP contribution in [0.5, 0.6) is 0 Å². The van der Waals surface area contributed by atoms with Crippen LogP contribution in [-0.4, -0.2) is 15.8 Å². The second kappa shape index (κ2) is 5.83. The highest BCUT2D eigenvalue weighted by Gasteiger charge is 2.12. The maximum absolute atomic E-state index is 12.0. The van der Waals surface area contributed by atoms with Gasteiger partial charge in [0.25, 0.3) is 5.56 Å². The molecule has 4 heteroatoms. The Hall–Kier alpha value is -1.61. The van der Waals surface area contributed by atoms with Crippen molar-refractivity contribution in [3.8, 4) is 11.3 Å². The van der Waals surface area contributed by atoms with Crippen molar-refractivity contribution in [2.45, 2.75) is 19.8 Å². The first kappa shape index (κ1) is 12.8. The average molecular weight is 263 g/mol. The summed E-state index contributed by atoms with van der Waals surface area (Å²) in [7, 11) is 0. The number of alkyl halides is 1. The molecule has 0 aliphatic heterocycles. The Morgan fingerprint density at radius 2 is 2.00 bits per heavy atom. The van der Waals surface area contributed by atoms with Crippen LogP contribution < -0.4 is 5.56 Å². The number of aromatic amines is 1. The van der Waals surface area contributed by atoms with E-state index in [4.69, 9.17) is 11.6 Å². The summed E-state index contributed by atoms with van der Waals surface area (Å²) in [5.74, 6) is 1.12. The molecule has 2 rings (SSSR count). The number of nitrogens with one attached hydrogen (secondary N) is 1. The Kier molecular flexibility index (Phi) is 4.15. The summed E-state index contributed by atoms with van der Waals surface area (Å²) >= 11 is 5.76. The van der Waals surface area contributed by atoms with Gasteiger partial charge in [0.1, 0.15) is 5.82 Å². The average Bonchev–Trinajstić information content (AvgIpc) is 2.42. The predicted molar refractivity (Wildman–Crippen MR) is 74.1 cm³/mol. The van der Waals surface area contributed by atoms with Gasteiger partial charge in [-0.25, -0.2) is 4.98 Å². The Bertz CT molecular complexity index is 578. The maximum atomic E-state index is 12.0. The first-order chi connectivity index (χ1) is 8.76. The van der Waals surface area contributed by atoms with Crippen molar-refractivity contribution >= 4 is 11.6 Å². The van der Waals surface area contributed by atoms with E-state index in [1.54, 1.807) is 0 Å². The number of H-pyrrole nitrogens is 1. The Morgan fingerprint density at radius 3 is 2.61 bits per heavy atom. The van der Waals surface area contributed by atoms with E-state index in [9.17, 15) is 4.79 Å². The lowest BCUT2D eigenvalue weighted by Crippen LogP contribution is -2.19. The van der Waals surface area contributed by atoms with Crippen molar-refractivity contribution < 1.29 is 0 Å². The van der Waals surface area contributed by atoms with Gasteiger partial charge in [0.05, 0.1) is 5.69 Å². The minimum Gasteiger partial charge on any atom is -0.310 e. The largest absolute Gasteiger partial charge is 0.310 e. The fraction of sp³-hybridized carbons (Fsp3) is 0.286. The lowest BCUT2D eigenvalue weighted by Gasteiger charge is -2.08. The summed E-state index contributed by atoms with van der Waals surface area (Å²) in [4.78, 5) is 19.4.